The maximum Gasteiger partial charge on any atom is 0.327 e. The predicted molar refractivity (Wildman–Crippen MR) is 143 cm³/mol. The molecular weight excluding hydrogens is 530 g/mol. The third-order valence-electron chi connectivity index (χ3n) is 9.53. The third kappa shape index (κ3) is 4.24. The highest BCUT2D eigenvalue weighted by Gasteiger charge is 2.78. The molecule has 2 N–H and O–H groups in total. The van der Waals surface area contributed by atoms with Crippen molar-refractivity contribution in [2.45, 2.75) is 74.9 Å². The molecule has 6 unspecified atom stereocenters. The minimum absolute atomic E-state index is 0.0623. The lowest BCUT2D eigenvalue weighted by Crippen LogP contribution is -2.69. The summed E-state index contributed by atoms with van der Waals surface area (Å²) in [6.45, 7) is 0.0210. The van der Waals surface area contributed by atoms with Crippen molar-refractivity contribution in [2.75, 3.05) is 27.2 Å². The number of rotatable bonds is 9. The molecule has 220 valence electrons. The number of nitrogens with zero attached hydrogens (tertiary/aromatic N) is 2. The van der Waals surface area contributed by atoms with Crippen LogP contribution in [0.25, 0.3) is 6.08 Å². The zero-order valence-corrected chi connectivity index (χ0v) is 23.4. The van der Waals surface area contributed by atoms with Crippen molar-refractivity contribution in [2.24, 2.45) is 17.3 Å². The van der Waals surface area contributed by atoms with Crippen LogP contribution in [-0.2, 0) is 40.0 Å². The molecule has 2 amide bonds. The van der Waals surface area contributed by atoms with E-state index < -0.39 is 47.6 Å². The van der Waals surface area contributed by atoms with Gasteiger partial charge in [0.05, 0.1) is 13.2 Å². The lowest BCUT2D eigenvalue weighted by Gasteiger charge is -2.48. The number of hydroxylamine groups is 2. The van der Waals surface area contributed by atoms with Gasteiger partial charge in [-0.2, -0.15) is 5.06 Å². The molecule has 6 atom stereocenters. The van der Waals surface area contributed by atoms with E-state index in [-0.39, 0.29) is 37.9 Å². The maximum atomic E-state index is 14.0. The SMILES string of the molecule is CN(C)C(=O)C=Cc1ccccc1CN1OC2C3OC(C4CC4)(C4CC4)OC3C3CC2(C(=O)NCCO)C1C(=O)O3. The lowest BCUT2D eigenvalue weighted by atomic mass is 9.62. The van der Waals surface area contributed by atoms with Crippen molar-refractivity contribution in [1.29, 1.82) is 0 Å². The number of benzene rings is 1. The average Bonchev–Trinajstić information content (AvgIpc) is 3.90. The molecule has 7 rings (SSSR count). The largest absolute Gasteiger partial charge is 0.458 e. The molecular formula is C30H37N3O8. The van der Waals surface area contributed by atoms with E-state index in [1.54, 1.807) is 25.2 Å². The van der Waals surface area contributed by atoms with Crippen molar-refractivity contribution >= 4 is 23.9 Å². The van der Waals surface area contributed by atoms with Gasteiger partial charge in [-0.15, -0.1) is 0 Å². The van der Waals surface area contributed by atoms with Crippen LogP contribution in [0.2, 0.25) is 0 Å². The van der Waals surface area contributed by atoms with E-state index in [4.69, 9.17) is 19.0 Å². The number of hydrogen-bond donors (Lipinski definition) is 2. The number of fused-ring (bicyclic) bond motifs is 4. The van der Waals surface area contributed by atoms with Crippen LogP contribution in [0, 0.1) is 17.3 Å². The summed E-state index contributed by atoms with van der Waals surface area (Å²) in [5.74, 6) is -1.16. The molecule has 6 aliphatic rings. The summed E-state index contributed by atoms with van der Waals surface area (Å²) in [5, 5.41) is 13.8. The number of carbonyl (C=O) groups excluding carboxylic acids is 3. The topological polar surface area (TPSA) is 127 Å². The van der Waals surface area contributed by atoms with Crippen LogP contribution in [0.4, 0.5) is 0 Å². The van der Waals surface area contributed by atoms with Gasteiger partial charge in [-0.05, 0) is 42.9 Å². The molecule has 3 aliphatic heterocycles. The van der Waals surface area contributed by atoms with Crippen molar-refractivity contribution < 1.29 is 38.5 Å². The van der Waals surface area contributed by atoms with Crippen LogP contribution in [0.5, 0.6) is 0 Å². The smallest absolute Gasteiger partial charge is 0.327 e. The van der Waals surface area contributed by atoms with Gasteiger partial charge in [-0.25, -0.2) is 0 Å². The van der Waals surface area contributed by atoms with Crippen LogP contribution in [-0.4, -0.2) is 96.3 Å². The number of ether oxygens (including phenoxy) is 3. The average molecular weight is 568 g/mol. The van der Waals surface area contributed by atoms with Gasteiger partial charge in [0.2, 0.25) is 11.8 Å². The van der Waals surface area contributed by atoms with Crippen molar-refractivity contribution in [3.63, 3.8) is 0 Å². The van der Waals surface area contributed by atoms with Gasteiger partial charge in [0.25, 0.3) is 0 Å². The van der Waals surface area contributed by atoms with Crippen molar-refractivity contribution in [3.05, 3.63) is 41.5 Å². The van der Waals surface area contributed by atoms with Crippen LogP contribution < -0.4 is 5.32 Å². The summed E-state index contributed by atoms with van der Waals surface area (Å²) in [4.78, 5) is 48.0. The van der Waals surface area contributed by atoms with E-state index in [0.29, 0.717) is 11.8 Å². The number of carbonyl (C=O) groups is 3. The second-order valence-corrected chi connectivity index (χ2v) is 12.4. The van der Waals surface area contributed by atoms with Gasteiger partial charge in [-0.1, -0.05) is 24.3 Å². The summed E-state index contributed by atoms with van der Waals surface area (Å²) >= 11 is 0. The fraction of sp³-hybridized carbons (Fsp3) is 0.633. The van der Waals surface area contributed by atoms with E-state index in [2.05, 4.69) is 5.32 Å². The Labute approximate surface area is 238 Å². The Hall–Kier alpha value is -2.83. The molecule has 0 spiro atoms. The molecule has 3 saturated heterocycles. The summed E-state index contributed by atoms with van der Waals surface area (Å²) in [5.41, 5.74) is 0.344. The minimum atomic E-state index is -1.27. The minimum Gasteiger partial charge on any atom is -0.458 e. The highest BCUT2D eigenvalue weighted by molar-refractivity contribution is 5.94. The zero-order chi connectivity index (χ0) is 28.5. The number of hydrogen-bond acceptors (Lipinski definition) is 9. The fourth-order valence-electron chi connectivity index (χ4n) is 7.32. The number of amides is 2. The molecule has 3 saturated carbocycles. The van der Waals surface area contributed by atoms with E-state index in [1.807, 2.05) is 24.3 Å². The van der Waals surface area contributed by atoms with Crippen LogP contribution >= 0.6 is 0 Å². The van der Waals surface area contributed by atoms with E-state index in [1.165, 1.54) is 11.0 Å². The Morgan fingerprint density at radius 1 is 1.12 bits per heavy atom. The van der Waals surface area contributed by atoms with Gasteiger partial charge < -0.3 is 29.5 Å². The molecule has 11 heteroatoms. The molecule has 6 fully saturated rings. The first-order valence-corrected chi connectivity index (χ1v) is 14.6. The lowest BCUT2D eigenvalue weighted by molar-refractivity contribution is -0.235. The molecule has 41 heavy (non-hydrogen) atoms. The number of aliphatic hydroxyl groups excluding tert-OH is 1. The van der Waals surface area contributed by atoms with Gasteiger partial charge in [0, 0.05) is 45.0 Å². The van der Waals surface area contributed by atoms with Crippen molar-refractivity contribution in [3.8, 4) is 0 Å². The van der Waals surface area contributed by atoms with Crippen LogP contribution in [0.15, 0.2) is 30.3 Å². The number of nitrogens with one attached hydrogen (secondary N) is 1. The second kappa shape index (κ2) is 9.88. The Kier molecular flexibility index (Phi) is 6.51. The second-order valence-electron chi connectivity index (χ2n) is 12.4. The summed E-state index contributed by atoms with van der Waals surface area (Å²) < 4.78 is 19.6. The maximum absolute atomic E-state index is 14.0. The first kappa shape index (κ1) is 27.0. The third-order valence-corrected chi connectivity index (χ3v) is 9.53. The van der Waals surface area contributed by atoms with Crippen molar-refractivity contribution in [1.82, 2.24) is 15.3 Å². The highest BCUT2D eigenvalue weighted by atomic mass is 16.8. The van der Waals surface area contributed by atoms with Gasteiger partial charge in [-0.3, -0.25) is 19.2 Å². The Morgan fingerprint density at radius 3 is 2.51 bits per heavy atom. The monoisotopic (exact) mass is 567 g/mol. The Morgan fingerprint density at radius 2 is 1.83 bits per heavy atom. The first-order valence-electron chi connectivity index (χ1n) is 14.6. The van der Waals surface area contributed by atoms with E-state index in [0.717, 1.165) is 36.8 Å². The number of likely N-dealkylation sites (N-methyl/N-ethyl adjacent to an activating group) is 1. The Balaban J connectivity index is 1.25. The van der Waals surface area contributed by atoms with Gasteiger partial charge >= 0.3 is 5.97 Å². The van der Waals surface area contributed by atoms with Gasteiger partial charge in [0.1, 0.15) is 29.8 Å². The van der Waals surface area contributed by atoms with E-state index in [9.17, 15) is 19.5 Å². The number of aliphatic hydroxyl groups is 1. The highest BCUT2D eigenvalue weighted by Crippen LogP contribution is 2.63. The molecule has 11 nitrogen and oxygen atoms in total. The normalized spacial score (nSPS) is 35.3. The number of esters is 1. The summed E-state index contributed by atoms with van der Waals surface area (Å²) in [7, 11) is 3.37. The zero-order valence-electron chi connectivity index (χ0n) is 23.4. The quantitative estimate of drug-likeness (QED) is 0.332. The molecule has 0 radical (unpaired) electrons. The van der Waals surface area contributed by atoms with Gasteiger partial charge in [0.15, 0.2) is 11.8 Å². The molecule has 1 aromatic rings. The van der Waals surface area contributed by atoms with Crippen LogP contribution in [0.1, 0.15) is 43.2 Å². The molecule has 3 aliphatic carbocycles. The molecule has 3 heterocycles. The predicted octanol–water partition coefficient (Wildman–Crippen LogP) is 0.997. The first-order chi connectivity index (χ1) is 19.8. The fourth-order valence-corrected chi connectivity index (χ4v) is 7.32. The standard InChI is InChI=1S/C30H37N3O8/c1-32(2)22(35)12-7-17-5-3-4-6-18(17)16-33-25-27(36)38-21-15-29(25,28(37)31-13-14-34)26(41-33)24-23(21)39-30(40-24,19-8-9-19)20-10-11-20/h3-7,12,19-21,23-26,34H,8-11,13-16H2,1-2H3,(H,31,37). The van der Waals surface area contributed by atoms with E-state index >= 15 is 0 Å². The molecule has 2 bridgehead atoms. The summed E-state index contributed by atoms with van der Waals surface area (Å²) in [6.07, 6.45) is 5.11. The molecule has 1 aromatic carbocycles. The Bertz CT molecular complexity index is 1260. The van der Waals surface area contributed by atoms with Crippen LogP contribution in [0.3, 0.4) is 0 Å². The molecule has 0 aromatic heterocycles. The summed E-state index contributed by atoms with van der Waals surface area (Å²) in [6, 6.07) is 6.54.